The molecule has 0 bridgehead atoms. The van der Waals surface area contributed by atoms with Crippen molar-refractivity contribution in [3.05, 3.63) is 0 Å². The van der Waals surface area contributed by atoms with Crippen LogP contribution in [0.4, 0.5) is 0 Å². The van der Waals surface area contributed by atoms with E-state index in [0.717, 1.165) is 25.8 Å². The van der Waals surface area contributed by atoms with Gasteiger partial charge in [0.05, 0.1) is 5.75 Å². The number of carbonyl (C=O) groups is 1. The van der Waals surface area contributed by atoms with E-state index in [1.54, 1.807) is 11.8 Å². The summed E-state index contributed by atoms with van der Waals surface area (Å²) in [7, 11) is 0. The minimum absolute atomic E-state index is 0.212. The molecule has 1 saturated heterocycles. The molecular formula is C13H25NO2S. The van der Waals surface area contributed by atoms with E-state index in [-0.39, 0.29) is 12.5 Å². The quantitative estimate of drug-likeness (QED) is 0.795. The molecule has 1 aliphatic rings. The first-order valence-electron chi connectivity index (χ1n) is 6.71. The van der Waals surface area contributed by atoms with Crippen molar-refractivity contribution in [2.45, 2.75) is 57.2 Å². The highest BCUT2D eigenvalue weighted by molar-refractivity contribution is 8.00. The summed E-state index contributed by atoms with van der Waals surface area (Å²) in [5.41, 5.74) is 0. The number of carbonyl (C=O) groups excluding carboxylic acids is 1. The Morgan fingerprint density at radius 2 is 2.29 bits per heavy atom. The van der Waals surface area contributed by atoms with Crippen LogP contribution in [0.25, 0.3) is 0 Å². The molecule has 4 heteroatoms. The van der Waals surface area contributed by atoms with E-state index < -0.39 is 0 Å². The molecule has 1 amide bonds. The molecule has 0 saturated carbocycles. The summed E-state index contributed by atoms with van der Waals surface area (Å²) in [6, 6.07) is 0.463. The Hall–Kier alpha value is -0.220. The number of thioether (sulfide) groups is 1. The van der Waals surface area contributed by atoms with Gasteiger partial charge >= 0.3 is 0 Å². The molecule has 0 radical (unpaired) electrons. The van der Waals surface area contributed by atoms with Crippen molar-refractivity contribution in [2.24, 2.45) is 0 Å². The standard InChI is InChI=1S/C13H25NO2S/c1-3-12-6-4-5-8-14(12)13(16)10-17-11(2)7-9-15/h11-12,15H,3-10H2,1-2H3. The third-order valence-electron chi connectivity index (χ3n) is 3.45. The first-order chi connectivity index (χ1) is 8.19. The Morgan fingerprint density at radius 1 is 1.53 bits per heavy atom. The average Bonchev–Trinajstić information content (AvgIpc) is 2.36. The second-order valence-electron chi connectivity index (χ2n) is 4.78. The van der Waals surface area contributed by atoms with Crippen molar-refractivity contribution in [1.82, 2.24) is 4.90 Å². The number of nitrogens with zero attached hydrogens (tertiary/aromatic N) is 1. The van der Waals surface area contributed by atoms with Crippen LogP contribution in [-0.2, 0) is 4.79 Å². The minimum Gasteiger partial charge on any atom is -0.396 e. The molecule has 3 nitrogen and oxygen atoms in total. The first kappa shape index (κ1) is 14.8. The number of aliphatic hydroxyl groups is 1. The van der Waals surface area contributed by atoms with Crippen LogP contribution in [0.15, 0.2) is 0 Å². The van der Waals surface area contributed by atoms with E-state index in [2.05, 4.69) is 18.7 Å². The highest BCUT2D eigenvalue weighted by Crippen LogP contribution is 2.22. The van der Waals surface area contributed by atoms with Crippen LogP contribution in [0.3, 0.4) is 0 Å². The predicted octanol–water partition coefficient (Wildman–Crippen LogP) is 2.28. The lowest BCUT2D eigenvalue weighted by Crippen LogP contribution is -2.44. The van der Waals surface area contributed by atoms with Gasteiger partial charge in [-0.1, -0.05) is 13.8 Å². The summed E-state index contributed by atoms with van der Waals surface area (Å²) in [5.74, 6) is 0.851. The molecule has 0 spiro atoms. The van der Waals surface area contributed by atoms with Gasteiger partial charge in [-0.15, -0.1) is 11.8 Å². The molecule has 2 unspecified atom stereocenters. The maximum atomic E-state index is 12.1. The molecule has 1 aliphatic heterocycles. The van der Waals surface area contributed by atoms with Crippen LogP contribution in [0.5, 0.6) is 0 Å². The zero-order chi connectivity index (χ0) is 12.7. The SMILES string of the molecule is CCC1CCCCN1C(=O)CSC(C)CCO. The van der Waals surface area contributed by atoms with Crippen molar-refractivity contribution in [3.8, 4) is 0 Å². The van der Waals surface area contributed by atoms with Gasteiger partial charge in [-0.25, -0.2) is 0 Å². The van der Waals surface area contributed by atoms with Crippen molar-refractivity contribution < 1.29 is 9.90 Å². The number of likely N-dealkylation sites (tertiary alicyclic amines) is 1. The normalized spacial score (nSPS) is 22.5. The molecule has 0 aromatic heterocycles. The molecule has 1 heterocycles. The van der Waals surface area contributed by atoms with Crippen LogP contribution in [-0.4, -0.2) is 46.1 Å². The summed E-state index contributed by atoms with van der Waals surface area (Å²) >= 11 is 1.66. The number of hydrogen-bond acceptors (Lipinski definition) is 3. The number of hydrogen-bond donors (Lipinski definition) is 1. The molecular weight excluding hydrogens is 234 g/mol. The maximum absolute atomic E-state index is 12.1. The summed E-state index contributed by atoms with van der Waals surface area (Å²) < 4.78 is 0. The van der Waals surface area contributed by atoms with Gasteiger partial charge in [0.25, 0.3) is 0 Å². The summed E-state index contributed by atoms with van der Waals surface area (Å²) in [5, 5.41) is 9.19. The van der Waals surface area contributed by atoms with Gasteiger partial charge in [-0.05, 0) is 32.1 Å². The average molecular weight is 259 g/mol. The Kier molecular flexibility index (Phi) is 6.97. The van der Waals surface area contributed by atoms with E-state index in [1.165, 1.54) is 12.8 Å². The lowest BCUT2D eigenvalue weighted by atomic mass is 10.0. The Bertz CT molecular complexity index is 235. The van der Waals surface area contributed by atoms with E-state index in [4.69, 9.17) is 5.11 Å². The second-order valence-corrected chi connectivity index (χ2v) is 6.21. The fraction of sp³-hybridized carbons (Fsp3) is 0.923. The molecule has 0 aromatic carbocycles. The van der Waals surface area contributed by atoms with E-state index in [0.29, 0.717) is 17.0 Å². The Morgan fingerprint density at radius 3 is 2.94 bits per heavy atom. The minimum atomic E-state index is 0.212. The highest BCUT2D eigenvalue weighted by atomic mass is 32.2. The summed E-state index contributed by atoms with van der Waals surface area (Å²) in [6.45, 7) is 5.38. The molecule has 100 valence electrons. The fourth-order valence-corrected chi connectivity index (χ4v) is 3.18. The Balaban J connectivity index is 2.34. The van der Waals surface area contributed by atoms with Crippen molar-refractivity contribution in [1.29, 1.82) is 0 Å². The molecule has 0 aliphatic carbocycles. The first-order valence-corrected chi connectivity index (χ1v) is 7.75. The molecule has 1 N–H and O–H groups in total. The van der Waals surface area contributed by atoms with Crippen molar-refractivity contribution in [2.75, 3.05) is 18.9 Å². The number of rotatable bonds is 6. The van der Waals surface area contributed by atoms with Crippen LogP contribution >= 0.6 is 11.8 Å². The van der Waals surface area contributed by atoms with E-state index in [9.17, 15) is 4.79 Å². The van der Waals surface area contributed by atoms with Crippen LogP contribution in [0.1, 0.15) is 46.0 Å². The fourth-order valence-electron chi connectivity index (χ4n) is 2.31. The highest BCUT2D eigenvalue weighted by Gasteiger charge is 2.25. The number of amides is 1. The lowest BCUT2D eigenvalue weighted by molar-refractivity contribution is -0.132. The topological polar surface area (TPSA) is 40.5 Å². The molecule has 1 rings (SSSR count). The van der Waals surface area contributed by atoms with Crippen molar-refractivity contribution in [3.63, 3.8) is 0 Å². The monoisotopic (exact) mass is 259 g/mol. The van der Waals surface area contributed by atoms with E-state index in [1.807, 2.05) is 0 Å². The molecule has 1 fully saturated rings. The zero-order valence-electron chi connectivity index (χ0n) is 11.0. The van der Waals surface area contributed by atoms with Gasteiger partial charge in [-0.2, -0.15) is 0 Å². The van der Waals surface area contributed by atoms with Crippen LogP contribution in [0.2, 0.25) is 0 Å². The third-order valence-corrected chi connectivity index (χ3v) is 4.66. The summed E-state index contributed by atoms with van der Waals surface area (Å²) in [6.07, 6.45) is 5.42. The van der Waals surface area contributed by atoms with Gasteiger partial charge in [-0.3, -0.25) is 4.79 Å². The van der Waals surface area contributed by atoms with Gasteiger partial charge < -0.3 is 10.0 Å². The predicted molar refractivity (Wildman–Crippen MR) is 73.3 cm³/mol. The Labute approximate surface area is 109 Å². The van der Waals surface area contributed by atoms with E-state index >= 15 is 0 Å². The molecule has 2 atom stereocenters. The number of piperidine rings is 1. The lowest BCUT2D eigenvalue weighted by Gasteiger charge is -2.35. The van der Waals surface area contributed by atoms with Gasteiger partial charge in [0.15, 0.2) is 0 Å². The third kappa shape index (κ3) is 4.88. The maximum Gasteiger partial charge on any atom is 0.232 e. The van der Waals surface area contributed by atoms with Crippen molar-refractivity contribution >= 4 is 17.7 Å². The summed E-state index contributed by atoms with van der Waals surface area (Å²) in [4.78, 5) is 14.2. The van der Waals surface area contributed by atoms with Gasteiger partial charge in [0.1, 0.15) is 0 Å². The smallest absolute Gasteiger partial charge is 0.232 e. The largest absolute Gasteiger partial charge is 0.396 e. The van der Waals surface area contributed by atoms with Crippen LogP contribution < -0.4 is 0 Å². The molecule has 17 heavy (non-hydrogen) atoms. The van der Waals surface area contributed by atoms with Gasteiger partial charge in [0.2, 0.25) is 5.91 Å². The van der Waals surface area contributed by atoms with Gasteiger partial charge in [0, 0.05) is 24.4 Å². The second kappa shape index (κ2) is 7.98. The zero-order valence-corrected chi connectivity index (χ0v) is 11.8. The van der Waals surface area contributed by atoms with Crippen LogP contribution in [0, 0.1) is 0 Å². The number of aliphatic hydroxyl groups excluding tert-OH is 1. The molecule has 0 aromatic rings.